The van der Waals surface area contributed by atoms with Crippen LogP contribution < -0.4 is 0 Å². The van der Waals surface area contributed by atoms with E-state index in [9.17, 15) is 0 Å². The fraction of sp³-hybridized carbons (Fsp3) is 0.0909. The van der Waals surface area contributed by atoms with Crippen LogP contribution in [-0.4, -0.2) is 0 Å². The van der Waals surface area contributed by atoms with E-state index in [1.165, 1.54) is 11.1 Å². The van der Waals surface area contributed by atoms with Gasteiger partial charge in [-0.25, -0.2) is 0 Å². The zero-order chi connectivity index (χ0) is 10.1. The SMILES string of the molecule is BrC1=CC=CC2=C(Br)C=CC(Br)=C1C2. The van der Waals surface area contributed by atoms with Gasteiger partial charge in [0, 0.05) is 19.9 Å². The highest BCUT2D eigenvalue weighted by Crippen LogP contribution is 2.37. The molecule has 0 heterocycles. The number of rotatable bonds is 0. The first-order valence-electron chi connectivity index (χ1n) is 4.18. The van der Waals surface area contributed by atoms with Crippen LogP contribution in [0.3, 0.4) is 0 Å². The molecule has 0 N–H and O–H groups in total. The molecule has 0 fully saturated rings. The van der Waals surface area contributed by atoms with Crippen molar-refractivity contribution in [2.75, 3.05) is 0 Å². The summed E-state index contributed by atoms with van der Waals surface area (Å²) in [6, 6.07) is 0. The molecule has 0 amide bonds. The molecule has 0 aliphatic heterocycles. The van der Waals surface area contributed by atoms with Gasteiger partial charge in [-0.2, -0.15) is 0 Å². The molecule has 0 saturated heterocycles. The summed E-state index contributed by atoms with van der Waals surface area (Å²) in [5.74, 6) is 0. The number of hydrogen-bond acceptors (Lipinski definition) is 0. The van der Waals surface area contributed by atoms with Gasteiger partial charge in [-0.1, -0.05) is 59.9 Å². The summed E-state index contributed by atoms with van der Waals surface area (Å²) in [7, 11) is 0. The first-order valence-corrected chi connectivity index (χ1v) is 6.56. The molecule has 2 bridgehead atoms. The average Bonchev–Trinajstić information content (AvgIpc) is 2.42. The number of hydrogen-bond donors (Lipinski definition) is 0. The molecular weight excluding hydrogens is 372 g/mol. The van der Waals surface area contributed by atoms with Gasteiger partial charge >= 0.3 is 0 Å². The maximum atomic E-state index is 3.58. The van der Waals surface area contributed by atoms with E-state index >= 15 is 0 Å². The van der Waals surface area contributed by atoms with Crippen molar-refractivity contribution in [3.63, 3.8) is 0 Å². The van der Waals surface area contributed by atoms with Crippen LogP contribution in [-0.2, 0) is 0 Å². The molecule has 0 aromatic heterocycles. The predicted molar refractivity (Wildman–Crippen MR) is 71.8 cm³/mol. The Morgan fingerprint density at radius 2 is 1.64 bits per heavy atom. The van der Waals surface area contributed by atoms with Gasteiger partial charge in [0.1, 0.15) is 0 Å². The van der Waals surface area contributed by atoms with Crippen LogP contribution in [0.5, 0.6) is 0 Å². The van der Waals surface area contributed by atoms with Gasteiger partial charge in [-0.05, 0) is 29.4 Å². The van der Waals surface area contributed by atoms with E-state index in [2.05, 4.69) is 78.2 Å². The fourth-order valence-electron chi connectivity index (χ4n) is 1.40. The Morgan fingerprint density at radius 1 is 0.929 bits per heavy atom. The maximum Gasteiger partial charge on any atom is 0.0222 e. The van der Waals surface area contributed by atoms with E-state index in [0.29, 0.717) is 0 Å². The van der Waals surface area contributed by atoms with Crippen LogP contribution in [0.15, 0.2) is 55.0 Å². The van der Waals surface area contributed by atoms with Crippen LogP contribution in [0.1, 0.15) is 6.42 Å². The second-order valence-corrected chi connectivity index (χ2v) is 5.65. The van der Waals surface area contributed by atoms with Crippen molar-refractivity contribution in [2.24, 2.45) is 0 Å². The Hall–Kier alpha value is 0.140. The molecule has 3 heteroatoms. The van der Waals surface area contributed by atoms with Crippen LogP contribution in [0.4, 0.5) is 0 Å². The summed E-state index contributed by atoms with van der Waals surface area (Å²) in [5.41, 5.74) is 2.59. The van der Waals surface area contributed by atoms with Gasteiger partial charge in [0.15, 0.2) is 0 Å². The monoisotopic (exact) mass is 376 g/mol. The van der Waals surface area contributed by atoms with E-state index in [1.807, 2.05) is 0 Å². The minimum absolute atomic E-state index is 0.946. The number of fused-ring (bicyclic) bond motifs is 2. The number of allylic oxidation sites excluding steroid dienone is 10. The van der Waals surface area contributed by atoms with E-state index in [-0.39, 0.29) is 0 Å². The van der Waals surface area contributed by atoms with Gasteiger partial charge in [-0.15, -0.1) is 0 Å². The summed E-state index contributed by atoms with van der Waals surface area (Å²) in [6.45, 7) is 0. The topological polar surface area (TPSA) is 0 Å². The molecule has 0 saturated carbocycles. The molecule has 0 unspecified atom stereocenters. The van der Waals surface area contributed by atoms with Crippen LogP contribution in [0.2, 0.25) is 0 Å². The molecule has 14 heavy (non-hydrogen) atoms. The van der Waals surface area contributed by atoms with E-state index in [4.69, 9.17) is 0 Å². The van der Waals surface area contributed by atoms with E-state index < -0.39 is 0 Å². The molecule has 72 valence electrons. The highest BCUT2D eigenvalue weighted by molar-refractivity contribution is 9.12. The van der Waals surface area contributed by atoms with Crippen molar-refractivity contribution in [1.29, 1.82) is 0 Å². The summed E-state index contributed by atoms with van der Waals surface area (Å²) < 4.78 is 3.43. The molecule has 0 radical (unpaired) electrons. The van der Waals surface area contributed by atoms with Crippen molar-refractivity contribution in [3.05, 3.63) is 55.0 Å². The standard InChI is InChI=1S/C11H7Br3/c12-9-4-5-11(14)8-6-7(9)2-1-3-10(8)13/h1-5H,6H2. The smallest absolute Gasteiger partial charge is 0.0222 e. The highest BCUT2D eigenvalue weighted by Gasteiger charge is 2.14. The van der Waals surface area contributed by atoms with Gasteiger partial charge in [0.25, 0.3) is 0 Å². The lowest BCUT2D eigenvalue weighted by molar-refractivity contribution is 1.21. The molecular formula is C11H7Br3. The molecule has 2 aliphatic rings. The van der Waals surface area contributed by atoms with Crippen molar-refractivity contribution < 1.29 is 0 Å². The third kappa shape index (κ3) is 2.05. The van der Waals surface area contributed by atoms with Gasteiger partial charge in [0.2, 0.25) is 0 Å². The lowest BCUT2D eigenvalue weighted by Crippen LogP contribution is -1.86. The Morgan fingerprint density at radius 3 is 2.43 bits per heavy atom. The van der Waals surface area contributed by atoms with Crippen LogP contribution >= 0.6 is 47.8 Å². The fourth-order valence-corrected chi connectivity index (χ4v) is 3.06. The first-order chi connectivity index (χ1) is 6.68. The van der Waals surface area contributed by atoms with Gasteiger partial charge < -0.3 is 0 Å². The molecule has 0 atom stereocenters. The summed E-state index contributed by atoms with van der Waals surface area (Å²) in [6.07, 6.45) is 11.4. The first kappa shape index (κ1) is 10.7. The Balaban J connectivity index is 2.60. The Kier molecular flexibility index (Phi) is 3.30. The van der Waals surface area contributed by atoms with E-state index in [0.717, 1.165) is 19.9 Å². The summed E-state index contributed by atoms with van der Waals surface area (Å²) >= 11 is 10.7. The van der Waals surface area contributed by atoms with E-state index in [1.54, 1.807) is 0 Å². The average molecular weight is 379 g/mol. The Bertz CT molecular complexity index is 420. The molecule has 0 aromatic carbocycles. The zero-order valence-corrected chi connectivity index (χ0v) is 12.0. The predicted octanol–water partition coefficient (Wildman–Crippen LogP) is 5.09. The van der Waals surface area contributed by atoms with Crippen LogP contribution in [0.25, 0.3) is 0 Å². The van der Waals surface area contributed by atoms with Crippen molar-refractivity contribution in [2.45, 2.75) is 6.42 Å². The lowest BCUT2D eigenvalue weighted by atomic mass is 10.1. The molecule has 2 rings (SSSR count). The Labute approximate surface area is 109 Å². The minimum atomic E-state index is 0.946. The molecule has 0 spiro atoms. The second-order valence-electron chi connectivity index (χ2n) is 3.08. The van der Waals surface area contributed by atoms with Gasteiger partial charge in [-0.3, -0.25) is 0 Å². The van der Waals surface area contributed by atoms with Gasteiger partial charge in [0.05, 0.1) is 0 Å². The van der Waals surface area contributed by atoms with Crippen LogP contribution in [0, 0.1) is 0 Å². The number of halogens is 3. The van der Waals surface area contributed by atoms with Crippen molar-refractivity contribution in [3.8, 4) is 0 Å². The third-order valence-corrected chi connectivity index (χ3v) is 4.43. The molecule has 2 aliphatic carbocycles. The minimum Gasteiger partial charge on any atom is -0.0608 e. The zero-order valence-electron chi connectivity index (χ0n) is 7.23. The third-order valence-electron chi connectivity index (χ3n) is 2.17. The molecule has 0 nitrogen and oxygen atoms in total. The quantitative estimate of drug-likeness (QED) is 0.550. The lowest BCUT2D eigenvalue weighted by Gasteiger charge is -2.05. The normalized spacial score (nSPS) is 20.9. The van der Waals surface area contributed by atoms with Crippen molar-refractivity contribution >= 4 is 47.8 Å². The highest BCUT2D eigenvalue weighted by atomic mass is 79.9. The second kappa shape index (κ2) is 4.33. The molecule has 0 aromatic rings. The summed E-state index contributed by atoms with van der Waals surface area (Å²) in [4.78, 5) is 0. The van der Waals surface area contributed by atoms with Crippen molar-refractivity contribution in [1.82, 2.24) is 0 Å². The summed E-state index contributed by atoms with van der Waals surface area (Å²) in [5, 5.41) is 0. The maximum absolute atomic E-state index is 3.58. The largest absolute Gasteiger partial charge is 0.0608 e.